The number of aromatic amines is 1. The maximum Gasteiger partial charge on any atom is 0.263 e. The fraction of sp³-hybridized carbons (Fsp3) is 0.318. The number of hydrogen-bond donors (Lipinski definition) is 2. The van der Waals surface area contributed by atoms with Crippen LogP contribution in [0.5, 0.6) is 0 Å². The van der Waals surface area contributed by atoms with Gasteiger partial charge in [-0.3, -0.25) is 14.9 Å². The number of anilines is 1. The number of thiazole rings is 1. The lowest BCUT2D eigenvalue weighted by Gasteiger charge is -2.05. The molecule has 2 heterocycles. The quantitative estimate of drug-likeness (QED) is 0.708. The number of amides is 1. The van der Waals surface area contributed by atoms with Crippen molar-refractivity contribution in [3.8, 4) is 11.3 Å². The van der Waals surface area contributed by atoms with Crippen LogP contribution in [0.25, 0.3) is 11.3 Å². The zero-order valence-corrected chi connectivity index (χ0v) is 16.5. The molecular weight excluding hydrogens is 370 g/mol. The van der Waals surface area contributed by atoms with Crippen LogP contribution in [0.4, 0.5) is 5.13 Å². The average Bonchev–Trinajstić information content (AvgIpc) is 3.39. The van der Waals surface area contributed by atoms with Gasteiger partial charge in [-0.05, 0) is 74.3 Å². The number of aromatic nitrogens is 2. The van der Waals surface area contributed by atoms with Crippen LogP contribution in [0.2, 0.25) is 0 Å². The molecule has 1 amide bonds. The average molecular weight is 391 g/mol. The highest BCUT2D eigenvalue weighted by Gasteiger charge is 2.20. The maximum atomic E-state index is 12.7. The van der Waals surface area contributed by atoms with Gasteiger partial charge in [0, 0.05) is 16.1 Å². The van der Waals surface area contributed by atoms with Gasteiger partial charge in [-0.2, -0.15) is 0 Å². The molecule has 2 aliphatic carbocycles. The van der Waals surface area contributed by atoms with E-state index in [-0.39, 0.29) is 11.1 Å². The number of carbonyl (C=O) groups is 1. The molecule has 3 aromatic rings. The third kappa shape index (κ3) is 2.98. The number of carbonyl (C=O) groups excluding carboxylic acids is 1. The first kappa shape index (κ1) is 17.4. The van der Waals surface area contributed by atoms with Crippen LogP contribution in [0.15, 0.2) is 29.1 Å². The number of pyridine rings is 1. The molecule has 5 rings (SSSR count). The highest BCUT2D eigenvalue weighted by Crippen LogP contribution is 2.33. The van der Waals surface area contributed by atoms with Crippen molar-refractivity contribution in [3.05, 3.63) is 67.4 Å². The van der Waals surface area contributed by atoms with Crippen molar-refractivity contribution in [1.29, 1.82) is 0 Å². The molecule has 1 aromatic carbocycles. The van der Waals surface area contributed by atoms with Crippen LogP contribution >= 0.6 is 11.3 Å². The van der Waals surface area contributed by atoms with Crippen LogP contribution in [-0.2, 0) is 25.7 Å². The van der Waals surface area contributed by atoms with Crippen molar-refractivity contribution in [2.45, 2.75) is 45.4 Å². The highest BCUT2D eigenvalue weighted by atomic mass is 32.1. The molecule has 6 heteroatoms. The number of H-pyrrole nitrogens is 1. The maximum absolute atomic E-state index is 12.7. The van der Waals surface area contributed by atoms with Crippen molar-refractivity contribution in [3.63, 3.8) is 0 Å². The second-order valence-electron chi connectivity index (χ2n) is 7.58. The SMILES string of the molecule is Cc1sc(NC(=O)c2cc3c([nH]c2=O)CCC3)nc1-c1ccc2c(c1)CCC2. The Morgan fingerprint density at radius 1 is 1.07 bits per heavy atom. The Kier molecular flexibility index (Phi) is 4.16. The smallest absolute Gasteiger partial charge is 0.263 e. The van der Waals surface area contributed by atoms with E-state index >= 15 is 0 Å². The topological polar surface area (TPSA) is 74.8 Å². The standard InChI is InChI=1S/C22H21N3O2S/c1-12-19(16-9-8-13-4-2-5-14(13)10-16)24-22(28-12)25-21(27)17-11-15-6-3-7-18(15)23-20(17)26/h8-11H,2-7H2,1H3,(H,23,26)(H,24,25,27). The Labute approximate surface area is 166 Å². The zero-order valence-electron chi connectivity index (χ0n) is 15.7. The molecule has 5 nitrogen and oxygen atoms in total. The van der Waals surface area contributed by atoms with Crippen LogP contribution in [0, 0.1) is 6.92 Å². The van der Waals surface area contributed by atoms with Crippen LogP contribution in [0.3, 0.4) is 0 Å². The third-order valence-corrected chi connectivity index (χ3v) is 6.61. The fourth-order valence-corrected chi connectivity index (χ4v) is 5.11. The Hall–Kier alpha value is -2.73. The first-order valence-electron chi connectivity index (χ1n) is 9.74. The van der Waals surface area contributed by atoms with Crippen LogP contribution in [-0.4, -0.2) is 15.9 Å². The lowest BCUT2D eigenvalue weighted by atomic mass is 10.0. The molecule has 2 aromatic heterocycles. The largest absolute Gasteiger partial charge is 0.325 e. The van der Waals surface area contributed by atoms with E-state index in [0.29, 0.717) is 5.13 Å². The monoisotopic (exact) mass is 391 g/mol. The Bertz CT molecular complexity index is 1160. The van der Waals surface area contributed by atoms with Gasteiger partial charge >= 0.3 is 0 Å². The molecule has 2 aliphatic rings. The van der Waals surface area contributed by atoms with Crippen LogP contribution < -0.4 is 10.9 Å². The van der Waals surface area contributed by atoms with Crippen molar-refractivity contribution >= 4 is 22.4 Å². The van der Waals surface area contributed by atoms with E-state index in [2.05, 4.69) is 33.5 Å². The van der Waals surface area contributed by atoms with E-state index in [1.165, 1.54) is 28.9 Å². The second kappa shape index (κ2) is 6.71. The summed E-state index contributed by atoms with van der Waals surface area (Å²) in [7, 11) is 0. The number of hydrogen-bond acceptors (Lipinski definition) is 4. The van der Waals surface area contributed by atoms with Gasteiger partial charge < -0.3 is 4.98 Å². The minimum Gasteiger partial charge on any atom is -0.325 e. The molecule has 28 heavy (non-hydrogen) atoms. The fourth-order valence-electron chi connectivity index (χ4n) is 4.28. The first-order valence-corrected chi connectivity index (χ1v) is 10.6. The van der Waals surface area contributed by atoms with Gasteiger partial charge in [0.25, 0.3) is 11.5 Å². The van der Waals surface area contributed by atoms with Gasteiger partial charge in [-0.25, -0.2) is 4.98 Å². The second-order valence-corrected chi connectivity index (χ2v) is 8.79. The van der Waals surface area contributed by atoms with E-state index in [1.54, 1.807) is 6.07 Å². The number of rotatable bonds is 3. The van der Waals surface area contributed by atoms with E-state index in [1.807, 2.05) is 6.92 Å². The summed E-state index contributed by atoms with van der Waals surface area (Å²) in [4.78, 5) is 33.5. The van der Waals surface area contributed by atoms with Gasteiger partial charge in [0.05, 0.1) is 5.69 Å². The summed E-state index contributed by atoms with van der Waals surface area (Å²) in [6.45, 7) is 2.01. The summed E-state index contributed by atoms with van der Waals surface area (Å²) in [5, 5.41) is 3.35. The third-order valence-electron chi connectivity index (χ3n) is 5.72. The van der Waals surface area contributed by atoms with Crippen molar-refractivity contribution in [2.24, 2.45) is 0 Å². The molecule has 142 valence electrons. The van der Waals surface area contributed by atoms with Gasteiger partial charge in [0.2, 0.25) is 0 Å². The summed E-state index contributed by atoms with van der Waals surface area (Å²) < 4.78 is 0. The number of nitrogens with one attached hydrogen (secondary N) is 2. The molecule has 0 saturated heterocycles. The summed E-state index contributed by atoms with van der Waals surface area (Å²) in [5.41, 5.74) is 6.69. The highest BCUT2D eigenvalue weighted by molar-refractivity contribution is 7.16. The normalized spacial score (nSPS) is 14.8. The zero-order chi connectivity index (χ0) is 19.3. The predicted molar refractivity (Wildman–Crippen MR) is 111 cm³/mol. The number of nitrogens with zero attached hydrogens (tertiary/aromatic N) is 1. The number of benzene rings is 1. The molecule has 0 aliphatic heterocycles. The van der Waals surface area contributed by atoms with Gasteiger partial charge in [-0.15, -0.1) is 11.3 Å². The van der Waals surface area contributed by atoms with Crippen LogP contribution in [0.1, 0.15) is 50.5 Å². The first-order chi connectivity index (χ1) is 13.6. The Morgan fingerprint density at radius 3 is 2.75 bits per heavy atom. The van der Waals surface area contributed by atoms with Crippen molar-refractivity contribution in [1.82, 2.24) is 9.97 Å². The van der Waals surface area contributed by atoms with Crippen molar-refractivity contribution in [2.75, 3.05) is 5.32 Å². The number of fused-ring (bicyclic) bond motifs is 2. The lowest BCUT2D eigenvalue weighted by molar-refractivity contribution is 0.102. The summed E-state index contributed by atoms with van der Waals surface area (Å²) >= 11 is 1.44. The van der Waals surface area contributed by atoms with E-state index in [0.717, 1.165) is 59.5 Å². The molecule has 0 radical (unpaired) electrons. The lowest BCUT2D eigenvalue weighted by Crippen LogP contribution is -2.24. The Morgan fingerprint density at radius 2 is 1.86 bits per heavy atom. The summed E-state index contributed by atoms with van der Waals surface area (Å²) in [6, 6.07) is 8.27. The minimum absolute atomic E-state index is 0.160. The van der Waals surface area contributed by atoms with E-state index < -0.39 is 5.91 Å². The molecule has 0 atom stereocenters. The number of aryl methyl sites for hydroxylation is 5. The molecule has 0 spiro atoms. The van der Waals surface area contributed by atoms with E-state index in [4.69, 9.17) is 0 Å². The van der Waals surface area contributed by atoms with Gasteiger partial charge in [0.15, 0.2) is 5.13 Å². The Balaban J connectivity index is 1.42. The molecular formula is C22H21N3O2S. The predicted octanol–water partition coefficient (Wildman–Crippen LogP) is 4.04. The molecule has 0 unspecified atom stereocenters. The minimum atomic E-state index is -0.398. The molecule has 0 bridgehead atoms. The molecule has 0 saturated carbocycles. The van der Waals surface area contributed by atoms with Gasteiger partial charge in [-0.1, -0.05) is 12.1 Å². The van der Waals surface area contributed by atoms with Gasteiger partial charge in [0.1, 0.15) is 5.56 Å². The summed E-state index contributed by atoms with van der Waals surface area (Å²) in [5.74, 6) is -0.398. The molecule has 0 fully saturated rings. The van der Waals surface area contributed by atoms with E-state index in [9.17, 15) is 9.59 Å². The van der Waals surface area contributed by atoms with Crippen molar-refractivity contribution < 1.29 is 4.79 Å². The molecule has 2 N–H and O–H groups in total. The summed E-state index contributed by atoms with van der Waals surface area (Å²) in [6.07, 6.45) is 6.30.